The smallest absolute Gasteiger partial charge is 0.0438 e. The number of rotatable bonds is 4. The summed E-state index contributed by atoms with van der Waals surface area (Å²) in [6.07, 6.45) is 4.61. The maximum absolute atomic E-state index is 6.21. The Morgan fingerprint density at radius 3 is 2.72 bits per heavy atom. The lowest BCUT2D eigenvalue weighted by molar-refractivity contribution is 0.587. The predicted molar refractivity (Wildman–Crippen MR) is 75.9 cm³/mol. The van der Waals surface area contributed by atoms with Gasteiger partial charge < -0.3 is 5.32 Å². The van der Waals surface area contributed by atoms with Crippen LogP contribution in [0.4, 0.5) is 0 Å². The number of hydrogen-bond donors (Lipinski definition) is 1. The molecule has 0 fully saturated rings. The highest BCUT2D eigenvalue weighted by molar-refractivity contribution is 6.31. The third-order valence-electron chi connectivity index (χ3n) is 3.19. The number of nitrogens with one attached hydrogen (secondary N) is 1. The minimum Gasteiger partial charge on any atom is -0.313 e. The summed E-state index contributed by atoms with van der Waals surface area (Å²) in [6.45, 7) is 2.11. The predicted octanol–water partition coefficient (Wildman–Crippen LogP) is 3.55. The number of pyridine rings is 1. The van der Waals surface area contributed by atoms with Gasteiger partial charge in [-0.05, 0) is 49.2 Å². The lowest BCUT2D eigenvalue weighted by atomic mass is 9.97. The molecule has 0 aliphatic heterocycles. The molecule has 18 heavy (non-hydrogen) atoms. The zero-order chi connectivity index (χ0) is 13.0. The Morgan fingerprint density at radius 2 is 2.06 bits per heavy atom. The van der Waals surface area contributed by atoms with Crippen molar-refractivity contribution in [2.75, 3.05) is 7.05 Å². The van der Waals surface area contributed by atoms with Gasteiger partial charge >= 0.3 is 0 Å². The van der Waals surface area contributed by atoms with Crippen molar-refractivity contribution >= 4 is 11.6 Å². The van der Waals surface area contributed by atoms with Crippen LogP contribution in [-0.4, -0.2) is 12.0 Å². The van der Waals surface area contributed by atoms with E-state index < -0.39 is 0 Å². The monoisotopic (exact) mass is 260 g/mol. The molecule has 0 amide bonds. The molecule has 0 bridgehead atoms. The van der Waals surface area contributed by atoms with Crippen molar-refractivity contribution in [3.63, 3.8) is 0 Å². The van der Waals surface area contributed by atoms with Crippen molar-refractivity contribution in [1.82, 2.24) is 10.3 Å². The van der Waals surface area contributed by atoms with Crippen molar-refractivity contribution in [3.05, 3.63) is 64.4 Å². The second kappa shape index (κ2) is 5.98. The molecule has 1 aromatic carbocycles. The van der Waals surface area contributed by atoms with E-state index in [2.05, 4.69) is 23.3 Å². The Kier molecular flexibility index (Phi) is 4.34. The highest BCUT2D eigenvalue weighted by Crippen LogP contribution is 2.24. The standard InChI is InChI=1S/C15H17ClN2/c1-11-7-8-18-10-13(11)15(17-2)9-12-5-3-4-6-14(12)16/h3-8,10,15,17H,9H2,1-2H3. The van der Waals surface area contributed by atoms with Crippen molar-refractivity contribution in [2.24, 2.45) is 0 Å². The lowest BCUT2D eigenvalue weighted by Crippen LogP contribution is -2.20. The molecular weight excluding hydrogens is 244 g/mol. The highest BCUT2D eigenvalue weighted by atomic mass is 35.5. The van der Waals surface area contributed by atoms with Crippen LogP contribution >= 0.6 is 11.6 Å². The molecule has 1 atom stereocenters. The number of halogens is 1. The molecule has 1 aromatic heterocycles. The molecule has 0 spiro atoms. The molecule has 1 N–H and O–H groups in total. The maximum Gasteiger partial charge on any atom is 0.0438 e. The Bertz CT molecular complexity index is 525. The zero-order valence-corrected chi connectivity index (χ0v) is 11.4. The van der Waals surface area contributed by atoms with Gasteiger partial charge in [-0.2, -0.15) is 0 Å². The van der Waals surface area contributed by atoms with E-state index in [4.69, 9.17) is 11.6 Å². The van der Waals surface area contributed by atoms with Crippen LogP contribution < -0.4 is 5.32 Å². The Balaban J connectivity index is 2.26. The molecule has 2 aromatic rings. The van der Waals surface area contributed by atoms with E-state index >= 15 is 0 Å². The first-order chi connectivity index (χ1) is 8.72. The Morgan fingerprint density at radius 1 is 1.28 bits per heavy atom. The summed E-state index contributed by atoms with van der Waals surface area (Å²) in [5.74, 6) is 0. The van der Waals surface area contributed by atoms with Crippen LogP contribution in [0.5, 0.6) is 0 Å². The molecule has 0 radical (unpaired) electrons. The van der Waals surface area contributed by atoms with E-state index in [0.717, 1.165) is 17.0 Å². The fraction of sp³-hybridized carbons (Fsp3) is 0.267. The van der Waals surface area contributed by atoms with Gasteiger partial charge in [0, 0.05) is 23.5 Å². The SMILES string of the molecule is CNC(Cc1ccccc1Cl)c1cnccc1C. The van der Waals surface area contributed by atoms with E-state index in [0.29, 0.717) is 0 Å². The fourth-order valence-corrected chi connectivity index (χ4v) is 2.31. The highest BCUT2D eigenvalue weighted by Gasteiger charge is 2.13. The maximum atomic E-state index is 6.21. The van der Waals surface area contributed by atoms with E-state index in [1.54, 1.807) is 0 Å². The number of hydrogen-bond acceptors (Lipinski definition) is 2. The second-order valence-corrected chi connectivity index (χ2v) is 4.78. The number of likely N-dealkylation sites (N-methyl/N-ethyl adjacent to an activating group) is 1. The summed E-state index contributed by atoms with van der Waals surface area (Å²) in [5, 5.41) is 4.16. The summed E-state index contributed by atoms with van der Waals surface area (Å²) in [4.78, 5) is 4.21. The third-order valence-corrected chi connectivity index (χ3v) is 3.55. The molecule has 3 heteroatoms. The third kappa shape index (κ3) is 2.89. The molecule has 0 saturated carbocycles. The van der Waals surface area contributed by atoms with Crippen LogP contribution in [0.15, 0.2) is 42.7 Å². The average Bonchev–Trinajstić information content (AvgIpc) is 2.39. The van der Waals surface area contributed by atoms with E-state index in [1.165, 1.54) is 11.1 Å². The number of aryl methyl sites for hydroxylation is 1. The zero-order valence-electron chi connectivity index (χ0n) is 10.7. The first-order valence-electron chi connectivity index (χ1n) is 6.03. The Hall–Kier alpha value is -1.38. The van der Waals surface area contributed by atoms with E-state index in [-0.39, 0.29) is 6.04 Å². The molecule has 1 unspecified atom stereocenters. The molecule has 1 heterocycles. The van der Waals surface area contributed by atoms with Gasteiger partial charge in [0.15, 0.2) is 0 Å². The van der Waals surface area contributed by atoms with E-state index in [9.17, 15) is 0 Å². The van der Waals surface area contributed by atoms with Crippen LogP contribution in [0.25, 0.3) is 0 Å². The lowest BCUT2D eigenvalue weighted by Gasteiger charge is -2.19. The van der Waals surface area contributed by atoms with Crippen molar-refractivity contribution < 1.29 is 0 Å². The molecule has 0 saturated heterocycles. The first-order valence-corrected chi connectivity index (χ1v) is 6.41. The second-order valence-electron chi connectivity index (χ2n) is 4.37. The van der Waals surface area contributed by atoms with Gasteiger partial charge in [-0.3, -0.25) is 4.98 Å². The van der Waals surface area contributed by atoms with E-state index in [1.807, 2.05) is 43.7 Å². The summed E-state index contributed by atoms with van der Waals surface area (Å²) in [7, 11) is 1.97. The molecule has 2 nitrogen and oxygen atoms in total. The number of nitrogens with zero attached hydrogens (tertiary/aromatic N) is 1. The van der Waals surface area contributed by atoms with Crippen LogP contribution in [0.3, 0.4) is 0 Å². The van der Waals surface area contributed by atoms with Crippen LogP contribution in [0, 0.1) is 6.92 Å². The van der Waals surface area contributed by atoms with Crippen molar-refractivity contribution in [1.29, 1.82) is 0 Å². The summed E-state index contributed by atoms with van der Waals surface area (Å²) >= 11 is 6.21. The number of aromatic nitrogens is 1. The normalized spacial score (nSPS) is 12.4. The van der Waals surface area contributed by atoms with Gasteiger partial charge in [-0.15, -0.1) is 0 Å². The molecule has 0 aliphatic rings. The Labute approximate surface area is 113 Å². The molecular formula is C15H17ClN2. The largest absolute Gasteiger partial charge is 0.313 e. The molecule has 0 aliphatic carbocycles. The topological polar surface area (TPSA) is 24.9 Å². The minimum atomic E-state index is 0.235. The fourth-order valence-electron chi connectivity index (χ4n) is 2.09. The summed E-state index contributed by atoms with van der Waals surface area (Å²) in [6, 6.07) is 10.2. The minimum absolute atomic E-state index is 0.235. The van der Waals surface area contributed by atoms with Gasteiger partial charge in [-0.25, -0.2) is 0 Å². The quantitative estimate of drug-likeness (QED) is 0.910. The van der Waals surface area contributed by atoms with Crippen LogP contribution in [-0.2, 0) is 6.42 Å². The summed E-state index contributed by atoms with van der Waals surface area (Å²) < 4.78 is 0. The number of benzene rings is 1. The van der Waals surface area contributed by atoms with Gasteiger partial charge in [0.2, 0.25) is 0 Å². The first kappa shape index (κ1) is 13.1. The van der Waals surface area contributed by atoms with Gasteiger partial charge in [0.1, 0.15) is 0 Å². The molecule has 94 valence electrons. The van der Waals surface area contributed by atoms with Crippen LogP contribution in [0.1, 0.15) is 22.7 Å². The van der Waals surface area contributed by atoms with Crippen molar-refractivity contribution in [3.8, 4) is 0 Å². The van der Waals surface area contributed by atoms with Gasteiger partial charge in [0.25, 0.3) is 0 Å². The molecule has 2 rings (SSSR count). The van der Waals surface area contributed by atoms with Crippen LogP contribution in [0.2, 0.25) is 5.02 Å². The van der Waals surface area contributed by atoms with Crippen molar-refractivity contribution in [2.45, 2.75) is 19.4 Å². The van der Waals surface area contributed by atoms with Gasteiger partial charge in [-0.1, -0.05) is 29.8 Å². The van der Waals surface area contributed by atoms with Gasteiger partial charge in [0.05, 0.1) is 0 Å². The average molecular weight is 261 g/mol. The summed E-state index contributed by atoms with van der Waals surface area (Å²) in [5.41, 5.74) is 3.62.